The van der Waals surface area contributed by atoms with Crippen molar-refractivity contribution in [3.63, 3.8) is 0 Å². The van der Waals surface area contributed by atoms with Crippen LogP contribution < -0.4 is 5.32 Å². The minimum absolute atomic E-state index is 0.869. The number of nitrogens with zero attached hydrogens (tertiary/aromatic N) is 3. The average molecular weight is 300 g/mol. The molecular formula is C17H24N4O. The molecule has 0 spiro atoms. The monoisotopic (exact) mass is 300 g/mol. The highest BCUT2D eigenvalue weighted by molar-refractivity contribution is 5.47. The van der Waals surface area contributed by atoms with Crippen molar-refractivity contribution in [2.75, 3.05) is 11.9 Å². The number of rotatable bonds is 5. The van der Waals surface area contributed by atoms with Crippen molar-refractivity contribution in [2.45, 2.75) is 59.3 Å². The second-order valence-electron chi connectivity index (χ2n) is 6.08. The van der Waals surface area contributed by atoms with E-state index in [1.54, 1.807) is 0 Å². The van der Waals surface area contributed by atoms with Gasteiger partial charge in [0.15, 0.2) is 0 Å². The van der Waals surface area contributed by atoms with Crippen molar-refractivity contribution in [1.29, 1.82) is 0 Å². The number of anilines is 1. The van der Waals surface area contributed by atoms with Crippen LogP contribution in [0.5, 0.6) is 0 Å². The molecule has 0 radical (unpaired) electrons. The molecule has 3 rings (SSSR count). The molecule has 118 valence electrons. The minimum atomic E-state index is 0.869. The molecule has 1 aliphatic rings. The number of hydrogen-bond acceptors (Lipinski definition) is 5. The Kier molecular flexibility index (Phi) is 4.41. The van der Waals surface area contributed by atoms with Crippen LogP contribution >= 0.6 is 0 Å². The third-order valence-corrected chi connectivity index (χ3v) is 4.37. The van der Waals surface area contributed by atoms with Crippen molar-refractivity contribution < 1.29 is 4.52 Å². The van der Waals surface area contributed by atoms with Crippen LogP contribution in [-0.2, 0) is 19.3 Å². The predicted octanol–water partition coefficient (Wildman–Crippen LogP) is 3.31. The summed E-state index contributed by atoms with van der Waals surface area (Å²) in [7, 11) is 0. The number of nitrogens with one attached hydrogen (secondary N) is 1. The molecule has 1 aliphatic carbocycles. The van der Waals surface area contributed by atoms with E-state index < -0.39 is 0 Å². The molecule has 0 saturated carbocycles. The molecule has 5 nitrogen and oxygen atoms in total. The van der Waals surface area contributed by atoms with Gasteiger partial charge in [0, 0.05) is 23.4 Å². The smallest absolute Gasteiger partial charge is 0.137 e. The second kappa shape index (κ2) is 6.46. The third kappa shape index (κ3) is 3.13. The van der Waals surface area contributed by atoms with Gasteiger partial charge in [0.25, 0.3) is 0 Å². The van der Waals surface area contributed by atoms with E-state index in [1.165, 1.54) is 29.7 Å². The molecule has 22 heavy (non-hydrogen) atoms. The Bertz CT molecular complexity index is 643. The summed E-state index contributed by atoms with van der Waals surface area (Å²) < 4.78 is 5.21. The van der Waals surface area contributed by atoms with Crippen molar-refractivity contribution in [3.8, 4) is 0 Å². The van der Waals surface area contributed by atoms with E-state index >= 15 is 0 Å². The van der Waals surface area contributed by atoms with E-state index in [9.17, 15) is 0 Å². The lowest BCUT2D eigenvalue weighted by atomic mass is 9.96. The fourth-order valence-electron chi connectivity index (χ4n) is 3.19. The first kappa shape index (κ1) is 15.0. The molecule has 0 aromatic carbocycles. The summed E-state index contributed by atoms with van der Waals surface area (Å²) in [5, 5.41) is 7.52. The summed E-state index contributed by atoms with van der Waals surface area (Å²) in [5.41, 5.74) is 4.82. The highest BCUT2D eigenvalue weighted by Crippen LogP contribution is 2.25. The van der Waals surface area contributed by atoms with Gasteiger partial charge < -0.3 is 9.84 Å². The van der Waals surface area contributed by atoms with Crippen molar-refractivity contribution >= 4 is 5.82 Å². The first-order valence-corrected chi connectivity index (χ1v) is 8.17. The Hall–Kier alpha value is -1.91. The molecule has 0 atom stereocenters. The maximum Gasteiger partial charge on any atom is 0.137 e. The van der Waals surface area contributed by atoms with Gasteiger partial charge in [0.2, 0.25) is 0 Å². The molecule has 0 saturated heterocycles. The van der Waals surface area contributed by atoms with E-state index in [0.29, 0.717) is 0 Å². The minimum Gasteiger partial charge on any atom is -0.370 e. The first-order valence-electron chi connectivity index (χ1n) is 8.17. The molecule has 0 amide bonds. The van der Waals surface area contributed by atoms with Gasteiger partial charge in [-0.3, -0.25) is 0 Å². The van der Waals surface area contributed by atoms with Crippen LogP contribution in [-0.4, -0.2) is 21.7 Å². The van der Waals surface area contributed by atoms with Gasteiger partial charge in [-0.15, -0.1) is 0 Å². The topological polar surface area (TPSA) is 63.8 Å². The van der Waals surface area contributed by atoms with E-state index in [1.807, 2.05) is 20.8 Å². The van der Waals surface area contributed by atoms with E-state index in [4.69, 9.17) is 4.52 Å². The zero-order chi connectivity index (χ0) is 15.5. The van der Waals surface area contributed by atoms with Gasteiger partial charge in [-0.25, -0.2) is 9.97 Å². The Morgan fingerprint density at radius 2 is 1.91 bits per heavy atom. The van der Waals surface area contributed by atoms with E-state index in [-0.39, 0.29) is 0 Å². The fraction of sp³-hybridized carbons (Fsp3) is 0.588. The number of fused-ring (bicyclic) bond motifs is 1. The largest absolute Gasteiger partial charge is 0.370 e. The maximum atomic E-state index is 5.21. The summed E-state index contributed by atoms with van der Waals surface area (Å²) in [5.74, 6) is 2.85. The predicted molar refractivity (Wildman–Crippen MR) is 86.2 cm³/mol. The van der Waals surface area contributed by atoms with Crippen LogP contribution in [0.25, 0.3) is 0 Å². The molecule has 1 N–H and O–H groups in total. The van der Waals surface area contributed by atoms with Crippen LogP contribution in [0.2, 0.25) is 0 Å². The van der Waals surface area contributed by atoms with Crippen molar-refractivity contribution in [3.05, 3.63) is 34.1 Å². The van der Waals surface area contributed by atoms with Crippen LogP contribution in [0.4, 0.5) is 5.82 Å². The van der Waals surface area contributed by atoms with E-state index in [0.717, 1.165) is 55.3 Å². The first-order chi connectivity index (χ1) is 10.6. The Balaban J connectivity index is 1.61. The van der Waals surface area contributed by atoms with Gasteiger partial charge in [-0.2, -0.15) is 0 Å². The Morgan fingerprint density at radius 3 is 2.68 bits per heavy atom. The Morgan fingerprint density at radius 1 is 1.09 bits per heavy atom. The molecule has 0 fully saturated rings. The lowest BCUT2D eigenvalue weighted by molar-refractivity contribution is 0.392. The van der Waals surface area contributed by atoms with Gasteiger partial charge in [0.1, 0.15) is 17.4 Å². The zero-order valence-corrected chi connectivity index (χ0v) is 13.7. The Labute approximate surface area is 131 Å². The molecule has 0 aliphatic heterocycles. The summed E-state index contributed by atoms with van der Waals surface area (Å²) in [4.78, 5) is 9.20. The molecule has 0 unspecified atom stereocenters. The molecule has 2 aromatic rings. The highest BCUT2D eigenvalue weighted by Gasteiger charge is 2.16. The van der Waals surface area contributed by atoms with Crippen LogP contribution in [0, 0.1) is 20.8 Å². The van der Waals surface area contributed by atoms with Gasteiger partial charge >= 0.3 is 0 Å². The lowest BCUT2D eigenvalue weighted by Crippen LogP contribution is -2.14. The van der Waals surface area contributed by atoms with Gasteiger partial charge in [-0.05, 0) is 59.3 Å². The molecule has 2 aromatic heterocycles. The SMILES string of the molecule is Cc1nc2c(c(NCCCc3c(C)noc3C)n1)CCCC2. The second-order valence-corrected chi connectivity index (χ2v) is 6.08. The summed E-state index contributed by atoms with van der Waals surface area (Å²) in [6.07, 6.45) is 6.71. The number of aryl methyl sites for hydroxylation is 4. The summed E-state index contributed by atoms with van der Waals surface area (Å²) in [6, 6.07) is 0. The van der Waals surface area contributed by atoms with Gasteiger partial charge in [-0.1, -0.05) is 5.16 Å². The number of aromatic nitrogens is 3. The summed E-state index contributed by atoms with van der Waals surface area (Å²) in [6.45, 7) is 6.87. The lowest BCUT2D eigenvalue weighted by Gasteiger charge is -2.19. The molecule has 2 heterocycles. The average Bonchev–Trinajstić information content (AvgIpc) is 2.82. The quantitative estimate of drug-likeness (QED) is 0.858. The maximum absolute atomic E-state index is 5.21. The molecule has 5 heteroatoms. The van der Waals surface area contributed by atoms with Crippen LogP contribution in [0.1, 0.15) is 53.4 Å². The molecular weight excluding hydrogens is 276 g/mol. The van der Waals surface area contributed by atoms with Crippen molar-refractivity contribution in [2.24, 2.45) is 0 Å². The van der Waals surface area contributed by atoms with Gasteiger partial charge in [0.05, 0.1) is 5.69 Å². The van der Waals surface area contributed by atoms with Crippen LogP contribution in [0.3, 0.4) is 0 Å². The fourth-order valence-corrected chi connectivity index (χ4v) is 3.19. The van der Waals surface area contributed by atoms with Crippen LogP contribution in [0.15, 0.2) is 4.52 Å². The zero-order valence-electron chi connectivity index (χ0n) is 13.7. The normalized spacial score (nSPS) is 14.0. The highest BCUT2D eigenvalue weighted by atomic mass is 16.5. The third-order valence-electron chi connectivity index (χ3n) is 4.37. The standard InChI is InChI=1S/C17H24N4O/c1-11-14(12(2)22-21-11)8-6-10-18-17-15-7-4-5-9-16(15)19-13(3)20-17/h4-10H2,1-3H3,(H,18,19,20). The number of hydrogen-bond donors (Lipinski definition) is 1. The summed E-state index contributed by atoms with van der Waals surface area (Å²) >= 11 is 0. The van der Waals surface area contributed by atoms with Crippen molar-refractivity contribution in [1.82, 2.24) is 15.1 Å². The molecule has 0 bridgehead atoms. The van der Waals surface area contributed by atoms with E-state index in [2.05, 4.69) is 20.4 Å².